The third-order valence-electron chi connectivity index (χ3n) is 2.81. The average Bonchev–Trinajstić information content (AvgIpc) is 2.28. The van der Waals surface area contributed by atoms with Crippen LogP contribution in [0.2, 0.25) is 0 Å². The van der Waals surface area contributed by atoms with E-state index >= 15 is 0 Å². The molecule has 0 aromatic carbocycles. The number of aryl methyl sites for hydroxylation is 2. The fourth-order valence-corrected chi connectivity index (χ4v) is 2.18. The van der Waals surface area contributed by atoms with Crippen molar-refractivity contribution in [2.45, 2.75) is 34.1 Å². The molecule has 2 aromatic heterocycles. The smallest absolute Gasteiger partial charge is 0.161 e. The first kappa shape index (κ1) is 12.7. The lowest BCUT2D eigenvalue weighted by molar-refractivity contribution is 0.634. The lowest BCUT2D eigenvalue weighted by Gasteiger charge is -2.13. The van der Waals surface area contributed by atoms with Gasteiger partial charge in [0.15, 0.2) is 5.82 Å². The van der Waals surface area contributed by atoms with Crippen molar-refractivity contribution >= 4 is 0 Å². The molecule has 0 amide bonds. The van der Waals surface area contributed by atoms with Crippen LogP contribution in [0.1, 0.15) is 30.8 Å². The van der Waals surface area contributed by atoms with Gasteiger partial charge in [-0.3, -0.25) is 4.98 Å². The summed E-state index contributed by atoms with van der Waals surface area (Å²) in [5.41, 5.74) is 4.45. The highest BCUT2D eigenvalue weighted by Gasteiger charge is 2.14. The molecule has 3 heteroatoms. The van der Waals surface area contributed by atoms with E-state index in [0.29, 0.717) is 5.92 Å². The maximum Gasteiger partial charge on any atom is 0.161 e. The molecule has 0 aliphatic heterocycles. The first-order chi connectivity index (χ1) is 8.58. The van der Waals surface area contributed by atoms with Gasteiger partial charge in [0, 0.05) is 23.7 Å². The third-order valence-corrected chi connectivity index (χ3v) is 2.81. The summed E-state index contributed by atoms with van der Waals surface area (Å²) in [7, 11) is 0. The van der Waals surface area contributed by atoms with Crippen LogP contribution in [0.3, 0.4) is 0 Å². The fraction of sp³-hybridized carbons (Fsp3) is 0.400. The Hall–Kier alpha value is -1.77. The zero-order valence-electron chi connectivity index (χ0n) is 11.4. The van der Waals surface area contributed by atoms with E-state index in [0.717, 1.165) is 29.2 Å². The molecule has 18 heavy (non-hydrogen) atoms. The summed E-state index contributed by atoms with van der Waals surface area (Å²) in [6.45, 7) is 8.54. The van der Waals surface area contributed by atoms with Crippen molar-refractivity contribution in [1.29, 1.82) is 0 Å². The number of pyridine rings is 1. The molecule has 0 bridgehead atoms. The number of nitrogens with zero attached hydrogens (tertiary/aromatic N) is 3. The lowest BCUT2D eigenvalue weighted by Crippen LogP contribution is -2.05. The second-order valence-corrected chi connectivity index (χ2v) is 5.07. The van der Waals surface area contributed by atoms with Gasteiger partial charge in [-0.25, -0.2) is 9.97 Å². The minimum Gasteiger partial charge on any atom is -0.257 e. The third kappa shape index (κ3) is 2.73. The Labute approximate surface area is 108 Å². The fourth-order valence-electron chi connectivity index (χ4n) is 2.18. The quantitative estimate of drug-likeness (QED) is 0.827. The van der Waals surface area contributed by atoms with E-state index < -0.39 is 0 Å². The summed E-state index contributed by atoms with van der Waals surface area (Å²) in [5, 5.41) is 0. The van der Waals surface area contributed by atoms with Crippen molar-refractivity contribution < 1.29 is 0 Å². The van der Waals surface area contributed by atoms with Gasteiger partial charge in [-0.1, -0.05) is 13.8 Å². The second-order valence-electron chi connectivity index (χ2n) is 5.07. The highest BCUT2D eigenvalue weighted by molar-refractivity contribution is 5.63. The SMILES string of the molecule is Cc1cc(C)c(-c2ncccn2)c(CC(C)C)n1. The molecule has 0 saturated heterocycles. The predicted molar refractivity (Wildman–Crippen MR) is 73.3 cm³/mol. The van der Waals surface area contributed by atoms with Crippen LogP contribution in [0, 0.1) is 19.8 Å². The van der Waals surface area contributed by atoms with E-state index in [-0.39, 0.29) is 0 Å². The van der Waals surface area contributed by atoms with E-state index in [9.17, 15) is 0 Å². The predicted octanol–water partition coefficient (Wildman–Crippen LogP) is 3.35. The molecule has 0 aliphatic rings. The highest BCUT2D eigenvalue weighted by Crippen LogP contribution is 2.25. The molecule has 0 unspecified atom stereocenters. The molecule has 3 nitrogen and oxygen atoms in total. The van der Waals surface area contributed by atoms with Crippen LogP contribution in [0.25, 0.3) is 11.4 Å². The van der Waals surface area contributed by atoms with Crippen molar-refractivity contribution in [3.8, 4) is 11.4 Å². The van der Waals surface area contributed by atoms with E-state index in [1.165, 1.54) is 5.56 Å². The molecule has 94 valence electrons. The van der Waals surface area contributed by atoms with E-state index in [1.807, 2.05) is 13.0 Å². The van der Waals surface area contributed by atoms with Crippen LogP contribution in [-0.2, 0) is 6.42 Å². The van der Waals surface area contributed by atoms with Crippen molar-refractivity contribution in [3.63, 3.8) is 0 Å². The van der Waals surface area contributed by atoms with E-state index in [2.05, 4.69) is 41.8 Å². The molecule has 0 N–H and O–H groups in total. The Morgan fingerprint density at radius 3 is 2.39 bits per heavy atom. The molecule has 0 atom stereocenters. The van der Waals surface area contributed by atoms with Crippen LogP contribution in [0.15, 0.2) is 24.5 Å². The molecule has 0 saturated carbocycles. The largest absolute Gasteiger partial charge is 0.257 e. The molecule has 2 rings (SSSR count). The molecular formula is C15H19N3. The van der Waals surface area contributed by atoms with Gasteiger partial charge >= 0.3 is 0 Å². The lowest BCUT2D eigenvalue weighted by atomic mass is 9.98. The second kappa shape index (κ2) is 5.25. The monoisotopic (exact) mass is 241 g/mol. The summed E-state index contributed by atoms with van der Waals surface area (Å²) in [6, 6.07) is 3.93. The van der Waals surface area contributed by atoms with Crippen molar-refractivity contribution in [2.75, 3.05) is 0 Å². The van der Waals surface area contributed by atoms with Gasteiger partial charge < -0.3 is 0 Å². The zero-order valence-corrected chi connectivity index (χ0v) is 11.4. The number of aromatic nitrogens is 3. The van der Waals surface area contributed by atoms with Crippen LogP contribution in [0.5, 0.6) is 0 Å². The van der Waals surface area contributed by atoms with Crippen molar-refractivity contribution in [2.24, 2.45) is 5.92 Å². The summed E-state index contributed by atoms with van der Waals surface area (Å²) in [6.07, 6.45) is 4.51. The van der Waals surface area contributed by atoms with Crippen molar-refractivity contribution in [3.05, 3.63) is 41.5 Å². The number of rotatable bonds is 3. The summed E-state index contributed by atoms with van der Waals surface area (Å²) in [4.78, 5) is 13.4. The van der Waals surface area contributed by atoms with Crippen LogP contribution in [0.4, 0.5) is 0 Å². The van der Waals surface area contributed by atoms with Gasteiger partial charge in [-0.2, -0.15) is 0 Å². The van der Waals surface area contributed by atoms with Gasteiger partial charge in [0.05, 0.1) is 5.69 Å². The van der Waals surface area contributed by atoms with E-state index in [1.54, 1.807) is 12.4 Å². The minimum atomic E-state index is 0.571. The van der Waals surface area contributed by atoms with Crippen LogP contribution in [-0.4, -0.2) is 15.0 Å². The Balaban J connectivity index is 2.57. The number of hydrogen-bond acceptors (Lipinski definition) is 3. The first-order valence-electron chi connectivity index (χ1n) is 6.32. The Morgan fingerprint density at radius 2 is 1.78 bits per heavy atom. The topological polar surface area (TPSA) is 38.7 Å². The maximum absolute atomic E-state index is 4.67. The van der Waals surface area contributed by atoms with Crippen LogP contribution >= 0.6 is 0 Å². The normalized spacial score (nSPS) is 10.9. The van der Waals surface area contributed by atoms with Gasteiger partial charge in [-0.15, -0.1) is 0 Å². The van der Waals surface area contributed by atoms with Gasteiger partial charge in [0.25, 0.3) is 0 Å². The number of hydrogen-bond donors (Lipinski definition) is 0. The highest BCUT2D eigenvalue weighted by atomic mass is 14.9. The molecule has 0 radical (unpaired) electrons. The molecule has 0 fully saturated rings. The van der Waals surface area contributed by atoms with Gasteiger partial charge in [0.1, 0.15) is 0 Å². The van der Waals surface area contributed by atoms with Gasteiger partial charge in [0.2, 0.25) is 0 Å². The maximum atomic E-state index is 4.67. The first-order valence-corrected chi connectivity index (χ1v) is 6.32. The molecular weight excluding hydrogens is 222 g/mol. The zero-order chi connectivity index (χ0) is 13.1. The Bertz CT molecular complexity index is 533. The van der Waals surface area contributed by atoms with Crippen molar-refractivity contribution in [1.82, 2.24) is 15.0 Å². The Morgan fingerprint density at radius 1 is 1.11 bits per heavy atom. The molecule has 2 aromatic rings. The summed E-state index contributed by atoms with van der Waals surface area (Å²) >= 11 is 0. The van der Waals surface area contributed by atoms with E-state index in [4.69, 9.17) is 0 Å². The summed E-state index contributed by atoms with van der Waals surface area (Å²) < 4.78 is 0. The minimum absolute atomic E-state index is 0.571. The Kier molecular flexibility index (Phi) is 3.70. The molecule has 0 spiro atoms. The van der Waals surface area contributed by atoms with Crippen LogP contribution < -0.4 is 0 Å². The standard InChI is InChI=1S/C15H19N3/c1-10(2)8-13-14(11(3)9-12(4)18-13)15-16-6-5-7-17-15/h5-7,9-10H,8H2,1-4H3. The summed E-state index contributed by atoms with van der Waals surface area (Å²) in [5.74, 6) is 1.35. The molecule has 2 heterocycles. The van der Waals surface area contributed by atoms with Gasteiger partial charge in [-0.05, 0) is 43.9 Å². The average molecular weight is 241 g/mol. The molecule has 0 aliphatic carbocycles.